The average Bonchev–Trinajstić information content (AvgIpc) is 2.36. The topological polar surface area (TPSA) is 21.6 Å². The van der Waals surface area contributed by atoms with Gasteiger partial charge in [0.2, 0.25) is 0 Å². The second kappa shape index (κ2) is 6.43. The molecule has 0 aliphatic heterocycles. The van der Waals surface area contributed by atoms with E-state index in [1.165, 1.54) is 12.1 Å². The molecule has 2 nitrogen and oxygen atoms in total. The molecule has 0 aliphatic carbocycles. The molecule has 5 heteroatoms. The minimum Gasteiger partial charge on any atom is -0.390 e. The summed E-state index contributed by atoms with van der Waals surface area (Å²) < 4.78 is 26.7. The van der Waals surface area contributed by atoms with Crippen molar-refractivity contribution in [3.63, 3.8) is 0 Å². The molecule has 2 rings (SSSR count). The number of nitrogens with zero attached hydrogens (tertiary/aromatic N) is 1. The summed E-state index contributed by atoms with van der Waals surface area (Å²) in [6.07, 6.45) is 2.67. The Bertz CT molecular complexity index is 564. The predicted octanol–water partition coefficient (Wildman–Crippen LogP) is 4.16. The summed E-state index contributed by atoms with van der Waals surface area (Å²) in [5.74, 6) is -1.28. The van der Waals surface area contributed by atoms with Gasteiger partial charge in [0.15, 0.2) is 0 Å². The fourth-order valence-electron chi connectivity index (χ4n) is 1.41. The van der Waals surface area contributed by atoms with Gasteiger partial charge < -0.3 is 4.84 Å². The summed E-state index contributed by atoms with van der Waals surface area (Å²) in [7, 11) is 0. The zero-order chi connectivity index (χ0) is 13.7. The largest absolute Gasteiger partial charge is 0.390 e. The van der Waals surface area contributed by atoms with Crippen LogP contribution in [0.4, 0.5) is 8.78 Å². The molecule has 0 fully saturated rings. The number of hydrogen-bond donors (Lipinski definition) is 0. The molecule has 0 amide bonds. The first kappa shape index (κ1) is 13.7. The zero-order valence-electron chi connectivity index (χ0n) is 9.74. The number of benzene rings is 2. The first-order chi connectivity index (χ1) is 9.13. The summed E-state index contributed by atoms with van der Waals surface area (Å²) >= 11 is 3.31. The Morgan fingerprint density at radius 2 is 1.68 bits per heavy atom. The summed E-state index contributed by atoms with van der Waals surface area (Å²) in [4.78, 5) is 4.93. The molecule has 1 radical (unpaired) electrons. The molecule has 0 spiro atoms. The van der Waals surface area contributed by atoms with Gasteiger partial charge in [-0.1, -0.05) is 33.2 Å². The van der Waals surface area contributed by atoms with Gasteiger partial charge in [0.1, 0.15) is 24.5 Å². The van der Waals surface area contributed by atoms with Gasteiger partial charge in [-0.05, 0) is 29.8 Å². The molecule has 97 valence electrons. The van der Waals surface area contributed by atoms with E-state index in [0.29, 0.717) is 5.56 Å². The van der Waals surface area contributed by atoms with Crippen molar-refractivity contribution in [2.24, 2.45) is 5.16 Å². The molecule has 2 aromatic carbocycles. The lowest BCUT2D eigenvalue weighted by molar-refractivity contribution is 0.131. The first-order valence-corrected chi connectivity index (χ1v) is 6.21. The van der Waals surface area contributed by atoms with Crippen molar-refractivity contribution in [1.29, 1.82) is 0 Å². The molecular formula is C14H9BrF2NO. The van der Waals surface area contributed by atoms with E-state index < -0.39 is 11.6 Å². The Morgan fingerprint density at radius 3 is 2.32 bits per heavy atom. The lowest BCUT2D eigenvalue weighted by Crippen LogP contribution is -1.91. The molecule has 0 N–H and O–H groups in total. The van der Waals surface area contributed by atoms with Crippen LogP contribution in [0.1, 0.15) is 11.1 Å². The third-order valence-corrected chi connectivity index (χ3v) is 2.77. The third kappa shape index (κ3) is 4.44. The van der Waals surface area contributed by atoms with Gasteiger partial charge >= 0.3 is 0 Å². The van der Waals surface area contributed by atoms with Gasteiger partial charge in [0, 0.05) is 16.1 Å². The van der Waals surface area contributed by atoms with Crippen molar-refractivity contribution in [1.82, 2.24) is 0 Å². The van der Waals surface area contributed by atoms with Crippen molar-refractivity contribution in [2.45, 2.75) is 6.61 Å². The third-order valence-electron chi connectivity index (χ3n) is 2.24. The Balaban J connectivity index is 1.91. The normalized spacial score (nSPS) is 10.9. The van der Waals surface area contributed by atoms with Crippen molar-refractivity contribution in [3.8, 4) is 0 Å². The van der Waals surface area contributed by atoms with E-state index in [1.54, 1.807) is 12.1 Å². The first-order valence-electron chi connectivity index (χ1n) is 5.42. The molecule has 0 bridgehead atoms. The number of hydrogen-bond acceptors (Lipinski definition) is 2. The van der Waals surface area contributed by atoms with E-state index in [0.717, 1.165) is 16.1 Å². The number of rotatable bonds is 4. The summed E-state index contributed by atoms with van der Waals surface area (Å²) in [6, 6.07) is 10.5. The molecule has 0 unspecified atom stereocenters. The van der Waals surface area contributed by atoms with Crippen molar-refractivity contribution in [2.75, 3.05) is 0 Å². The Morgan fingerprint density at radius 1 is 1.05 bits per heavy atom. The lowest BCUT2D eigenvalue weighted by Gasteiger charge is -2.00. The van der Waals surface area contributed by atoms with E-state index in [9.17, 15) is 8.78 Å². The molecule has 0 heterocycles. The smallest absolute Gasteiger partial charge is 0.142 e. The Labute approximate surface area is 117 Å². The van der Waals surface area contributed by atoms with Gasteiger partial charge in [0.05, 0.1) is 0 Å². The molecular weight excluding hydrogens is 316 g/mol. The highest BCUT2D eigenvalue weighted by Crippen LogP contribution is 2.10. The van der Waals surface area contributed by atoms with Crippen molar-refractivity contribution < 1.29 is 13.6 Å². The maximum atomic E-state index is 12.9. The summed E-state index contributed by atoms with van der Waals surface area (Å²) in [5.41, 5.74) is 1.12. The molecule has 0 saturated carbocycles. The van der Waals surface area contributed by atoms with E-state index in [4.69, 9.17) is 4.84 Å². The van der Waals surface area contributed by atoms with Crippen LogP contribution in [0.2, 0.25) is 0 Å². The van der Waals surface area contributed by atoms with Crippen LogP contribution in [-0.2, 0) is 11.4 Å². The predicted molar refractivity (Wildman–Crippen MR) is 71.8 cm³/mol. The Kier molecular flexibility index (Phi) is 4.63. The summed E-state index contributed by atoms with van der Waals surface area (Å²) in [5, 5.41) is 3.62. The van der Waals surface area contributed by atoms with Crippen LogP contribution < -0.4 is 0 Å². The van der Waals surface area contributed by atoms with Crippen LogP contribution in [0.25, 0.3) is 0 Å². The average molecular weight is 325 g/mol. The fourth-order valence-corrected chi connectivity index (χ4v) is 1.67. The van der Waals surface area contributed by atoms with Gasteiger partial charge in [-0.2, -0.15) is 0 Å². The SMILES string of the molecule is Fc1cc(F)cc(CO/N=[C]\c2ccc(Br)cc2)c1. The standard InChI is InChI=1S/C14H9BrF2NO/c15-12-3-1-10(2-4-12)8-18-19-9-11-5-13(16)7-14(17)6-11/h1-7H,9H2. The van der Waals surface area contributed by atoms with E-state index in [-0.39, 0.29) is 6.61 Å². The van der Waals surface area contributed by atoms with Crippen LogP contribution in [0.3, 0.4) is 0 Å². The van der Waals surface area contributed by atoms with Crippen LogP contribution in [0.15, 0.2) is 52.1 Å². The quantitative estimate of drug-likeness (QED) is 0.611. The number of halogens is 3. The highest BCUT2D eigenvalue weighted by molar-refractivity contribution is 9.10. The van der Waals surface area contributed by atoms with Crippen LogP contribution in [0, 0.1) is 11.6 Å². The molecule has 19 heavy (non-hydrogen) atoms. The molecule has 2 aromatic rings. The molecule has 0 aromatic heterocycles. The van der Waals surface area contributed by atoms with Crippen molar-refractivity contribution >= 4 is 22.1 Å². The van der Waals surface area contributed by atoms with Gasteiger partial charge in [-0.25, -0.2) is 8.78 Å². The monoisotopic (exact) mass is 324 g/mol. The molecule has 0 saturated heterocycles. The zero-order valence-corrected chi connectivity index (χ0v) is 11.3. The van der Waals surface area contributed by atoms with E-state index >= 15 is 0 Å². The van der Waals surface area contributed by atoms with E-state index in [1.807, 2.05) is 12.1 Å². The van der Waals surface area contributed by atoms with Crippen LogP contribution >= 0.6 is 15.9 Å². The molecule has 0 aliphatic rings. The highest BCUT2D eigenvalue weighted by atomic mass is 79.9. The van der Waals surface area contributed by atoms with Gasteiger partial charge in [-0.3, -0.25) is 0 Å². The highest BCUT2D eigenvalue weighted by Gasteiger charge is 2.00. The van der Waals surface area contributed by atoms with Crippen LogP contribution in [-0.4, -0.2) is 6.21 Å². The second-order valence-electron chi connectivity index (χ2n) is 3.76. The summed E-state index contributed by atoms with van der Waals surface area (Å²) in [6.45, 7) is -0.0157. The second-order valence-corrected chi connectivity index (χ2v) is 4.68. The molecule has 0 atom stereocenters. The van der Waals surface area contributed by atoms with Gasteiger partial charge in [0.25, 0.3) is 0 Å². The maximum absolute atomic E-state index is 12.9. The minimum atomic E-state index is -0.639. The fraction of sp³-hybridized carbons (Fsp3) is 0.0714. The maximum Gasteiger partial charge on any atom is 0.142 e. The Hall–Kier alpha value is -1.75. The minimum absolute atomic E-state index is 0.0157. The van der Waals surface area contributed by atoms with Crippen molar-refractivity contribution in [3.05, 3.63) is 69.7 Å². The lowest BCUT2D eigenvalue weighted by atomic mass is 10.2. The van der Waals surface area contributed by atoms with Gasteiger partial charge in [-0.15, -0.1) is 0 Å². The van der Waals surface area contributed by atoms with Crippen LogP contribution in [0.5, 0.6) is 0 Å². The van der Waals surface area contributed by atoms with E-state index in [2.05, 4.69) is 27.3 Å².